The Morgan fingerprint density at radius 1 is 1.43 bits per heavy atom. The van der Waals surface area contributed by atoms with E-state index < -0.39 is 5.97 Å². The van der Waals surface area contributed by atoms with E-state index in [1.54, 1.807) is 12.1 Å². The topological polar surface area (TPSA) is 68.0 Å². The maximum Gasteiger partial charge on any atom is 0.337 e. The molecule has 112 valence electrons. The average Bonchev–Trinajstić information content (AvgIpc) is 2.81. The van der Waals surface area contributed by atoms with E-state index in [-0.39, 0.29) is 5.56 Å². The fraction of sp³-hybridized carbons (Fsp3) is 0.357. The first kappa shape index (κ1) is 15.9. The number of thioether (sulfide) groups is 1. The van der Waals surface area contributed by atoms with Crippen LogP contribution in [0.2, 0.25) is 5.02 Å². The van der Waals surface area contributed by atoms with Crippen LogP contribution in [-0.2, 0) is 18.7 Å². The zero-order valence-electron chi connectivity index (χ0n) is 11.8. The summed E-state index contributed by atoms with van der Waals surface area (Å²) in [6.45, 7) is 4.81. The zero-order chi connectivity index (χ0) is 15.4. The van der Waals surface area contributed by atoms with Crippen molar-refractivity contribution in [3.05, 3.63) is 40.3 Å². The number of carboxylic acids is 1. The van der Waals surface area contributed by atoms with E-state index >= 15 is 0 Å². The quantitative estimate of drug-likeness (QED) is 0.823. The molecule has 5 nitrogen and oxygen atoms in total. The number of aromatic nitrogens is 3. The summed E-state index contributed by atoms with van der Waals surface area (Å²) < 4.78 is 1.90. The minimum absolute atomic E-state index is 0.184. The van der Waals surface area contributed by atoms with Crippen molar-refractivity contribution in [3.63, 3.8) is 0 Å². The smallest absolute Gasteiger partial charge is 0.337 e. The van der Waals surface area contributed by atoms with Crippen LogP contribution in [0.1, 0.15) is 35.6 Å². The highest BCUT2D eigenvalue weighted by atomic mass is 35.5. The van der Waals surface area contributed by atoms with E-state index in [1.165, 1.54) is 18.0 Å². The van der Waals surface area contributed by atoms with Crippen molar-refractivity contribution in [3.8, 4) is 0 Å². The summed E-state index contributed by atoms with van der Waals surface area (Å²) in [5.41, 5.74) is 2.07. The Labute approximate surface area is 132 Å². The number of halogens is 1. The van der Waals surface area contributed by atoms with Crippen molar-refractivity contribution in [2.75, 3.05) is 0 Å². The lowest BCUT2D eigenvalue weighted by Crippen LogP contribution is -2.02. The lowest BCUT2D eigenvalue weighted by atomic mass is 10.3. The molecule has 2 rings (SSSR count). The van der Waals surface area contributed by atoms with E-state index in [9.17, 15) is 4.79 Å². The van der Waals surface area contributed by atoms with Crippen molar-refractivity contribution in [2.24, 2.45) is 0 Å². The molecule has 0 aliphatic carbocycles. The summed E-state index contributed by atoms with van der Waals surface area (Å²) in [7, 11) is 0. The number of aryl methyl sites for hydroxylation is 2. The molecule has 0 bridgehead atoms. The first-order valence-electron chi connectivity index (χ1n) is 6.63. The summed E-state index contributed by atoms with van der Waals surface area (Å²) in [4.78, 5) is 14.9. The molecular weight excluding hydrogens is 310 g/mol. The van der Waals surface area contributed by atoms with Gasteiger partial charge in [0.2, 0.25) is 0 Å². The highest BCUT2D eigenvalue weighted by Crippen LogP contribution is 2.28. The number of carboxylic acid groups (broad SMARTS) is 1. The van der Waals surface area contributed by atoms with E-state index in [1.807, 2.05) is 18.5 Å². The maximum atomic E-state index is 10.8. The van der Waals surface area contributed by atoms with Crippen LogP contribution in [0, 0.1) is 0 Å². The Bertz CT molecular complexity index is 640. The number of hydrogen-bond donors (Lipinski definition) is 1. The van der Waals surface area contributed by atoms with E-state index in [0.29, 0.717) is 10.8 Å². The second-order valence-electron chi connectivity index (χ2n) is 4.36. The highest BCUT2D eigenvalue weighted by molar-refractivity contribution is 7.98. The molecule has 0 spiro atoms. The van der Waals surface area contributed by atoms with Gasteiger partial charge in [-0.15, -0.1) is 0 Å². The number of carbonyl (C=O) groups is 1. The summed E-state index contributed by atoms with van der Waals surface area (Å²) in [5, 5.41) is 14.8. The van der Waals surface area contributed by atoms with Crippen molar-refractivity contribution in [1.82, 2.24) is 14.8 Å². The number of pyridine rings is 1. The predicted octanol–water partition coefficient (Wildman–Crippen LogP) is 3.50. The predicted molar refractivity (Wildman–Crippen MR) is 83.0 cm³/mol. The second kappa shape index (κ2) is 6.95. The van der Waals surface area contributed by atoms with Gasteiger partial charge in [-0.1, -0.05) is 30.3 Å². The second-order valence-corrected chi connectivity index (χ2v) is 5.73. The number of aromatic carboxylic acids is 1. The zero-order valence-corrected chi connectivity index (χ0v) is 13.4. The molecule has 0 aliphatic rings. The molecular formula is C14H16ClN3O2S. The summed E-state index contributed by atoms with van der Waals surface area (Å²) in [6.07, 6.45) is 2.16. The van der Waals surface area contributed by atoms with Crippen LogP contribution in [0.5, 0.6) is 0 Å². The summed E-state index contributed by atoms with van der Waals surface area (Å²) in [5.74, 6) is -0.322. The molecule has 21 heavy (non-hydrogen) atoms. The third-order valence-corrected chi connectivity index (χ3v) is 4.43. The van der Waals surface area contributed by atoms with Gasteiger partial charge in [0, 0.05) is 18.5 Å². The minimum Gasteiger partial charge on any atom is -0.478 e. The van der Waals surface area contributed by atoms with Gasteiger partial charge in [-0.25, -0.2) is 9.78 Å². The molecule has 0 aromatic carbocycles. The number of hydrogen-bond acceptors (Lipinski definition) is 4. The third kappa shape index (κ3) is 3.57. The first-order valence-corrected chi connectivity index (χ1v) is 7.99. The lowest BCUT2D eigenvalue weighted by Gasteiger charge is -2.05. The molecule has 0 saturated heterocycles. The number of nitrogens with zero attached hydrogens (tertiary/aromatic N) is 3. The Morgan fingerprint density at radius 3 is 2.71 bits per heavy atom. The van der Waals surface area contributed by atoms with Crippen molar-refractivity contribution in [2.45, 2.75) is 37.6 Å². The average molecular weight is 326 g/mol. The fourth-order valence-corrected chi connectivity index (χ4v) is 3.17. The standard InChI is InChI=1S/C14H16ClN3O2S/c1-3-10-13(15)11(18(4-2)17-10)8-21-12-6-5-9(7-16-12)14(19)20/h5-7H,3-4,8H2,1-2H3,(H,19,20). The molecule has 0 saturated carbocycles. The Hall–Kier alpha value is -1.53. The SMILES string of the molecule is CCc1nn(CC)c(CSc2ccc(C(=O)O)cn2)c1Cl. The Morgan fingerprint density at radius 2 is 2.19 bits per heavy atom. The van der Waals surface area contributed by atoms with Crippen LogP contribution in [-0.4, -0.2) is 25.8 Å². The summed E-state index contributed by atoms with van der Waals surface area (Å²) >= 11 is 7.86. The lowest BCUT2D eigenvalue weighted by molar-refractivity contribution is 0.0696. The van der Waals surface area contributed by atoms with Gasteiger partial charge in [0.1, 0.15) is 0 Å². The van der Waals surface area contributed by atoms with Gasteiger partial charge in [-0.3, -0.25) is 4.68 Å². The molecule has 0 unspecified atom stereocenters. The molecule has 1 N–H and O–H groups in total. The molecule has 0 amide bonds. The maximum absolute atomic E-state index is 10.8. The van der Waals surface area contributed by atoms with Crippen molar-refractivity contribution in [1.29, 1.82) is 0 Å². The van der Waals surface area contributed by atoms with Gasteiger partial charge in [0.25, 0.3) is 0 Å². The fourth-order valence-electron chi connectivity index (χ4n) is 1.89. The molecule has 7 heteroatoms. The Balaban J connectivity index is 2.12. The Kier molecular flexibility index (Phi) is 5.25. The third-order valence-electron chi connectivity index (χ3n) is 3.03. The van der Waals surface area contributed by atoms with Crippen molar-refractivity contribution >= 4 is 29.3 Å². The van der Waals surface area contributed by atoms with Crippen LogP contribution >= 0.6 is 23.4 Å². The van der Waals surface area contributed by atoms with Gasteiger partial charge in [-0.2, -0.15) is 5.10 Å². The van der Waals surface area contributed by atoms with Gasteiger partial charge in [0.05, 0.1) is 27.0 Å². The summed E-state index contributed by atoms with van der Waals surface area (Å²) in [6, 6.07) is 3.25. The van der Waals surface area contributed by atoms with E-state index in [2.05, 4.69) is 10.1 Å². The van der Waals surface area contributed by atoms with Gasteiger partial charge >= 0.3 is 5.97 Å². The number of rotatable bonds is 6. The molecule has 2 aromatic rings. The van der Waals surface area contributed by atoms with Crippen LogP contribution in [0.15, 0.2) is 23.4 Å². The normalized spacial score (nSPS) is 10.8. The van der Waals surface area contributed by atoms with E-state index in [4.69, 9.17) is 16.7 Å². The van der Waals surface area contributed by atoms with Crippen LogP contribution in [0.3, 0.4) is 0 Å². The van der Waals surface area contributed by atoms with Crippen LogP contribution in [0.4, 0.5) is 0 Å². The van der Waals surface area contributed by atoms with Gasteiger partial charge in [-0.05, 0) is 25.5 Å². The van der Waals surface area contributed by atoms with Crippen LogP contribution < -0.4 is 0 Å². The van der Waals surface area contributed by atoms with Crippen molar-refractivity contribution < 1.29 is 9.90 Å². The first-order chi connectivity index (χ1) is 10.1. The van der Waals surface area contributed by atoms with Crippen LogP contribution in [0.25, 0.3) is 0 Å². The molecule has 0 fully saturated rings. The molecule has 2 heterocycles. The minimum atomic E-state index is -0.973. The largest absolute Gasteiger partial charge is 0.478 e. The van der Waals surface area contributed by atoms with E-state index in [0.717, 1.165) is 29.4 Å². The molecule has 0 radical (unpaired) electrons. The van der Waals surface area contributed by atoms with Gasteiger partial charge < -0.3 is 5.11 Å². The highest BCUT2D eigenvalue weighted by Gasteiger charge is 2.14. The monoisotopic (exact) mass is 325 g/mol. The molecule has 0 aliphatic heterocycles. The molecule has 2 aromatic heterocycles. The molecule has 0 atom stereocenters. The van der Waals surface area contributed by atoms with Gasteiger partial charge in [0.15, 0.2) is 0 Å².